The van der Waals surface area contributed by atoms with E-state index in [9.17, 15) is 14.0 Å². The number of imide groups is 1. The number of nitrogens with zero attached hydrogens (tertiary/aromatic N) is 2. The van der Waals surface area contributed by atoms with Gasteiger partial charge >= 0.3 is 0 Å². The summed E-state index contributed by atoms with van der Waals surface area (Å²) >= 11 is 6.40. The lowest BCUT2D eigenvalue weighted by molar-refractivity contribution is 0.0595. The molecule has 0 saturated heterocycles. The number of fused-ring (bicyclic) bond motifs is 2. The van der Waals surface area contributed by atoms with Crippen LogP contribution in [-0.4, -0.2) is 21.7 Å². The molecule has 4 nitrogen and oxygen atoms in total. The van der Waals surface area contributed by atoms with E-state index >= 15 is 0 Å². The van der Waals surface area contributed by atoms with E-state index in [4.69, 9.17) is 16.6 Å². The van der Waals surface area contributed by atoms with Crippen LogP contribution in [0.2, 0.25) is 5.02 Å². The highest BCUT2D eigenvalue weighted by atomic mass is 35.5. The zero-order valence-electron chi connectivity index (χ0n) is 16.5. The number of hydrogen-bond acceptors (Lipinski definition) is 3. The molecule has 0 saturated carbocycles. The third kappa shape index (κ3) is 3.09. The summed E-state index contributed by atoms with van der Waals surface area (Å²) in [6.45, 7) is 1.77. The minimum atomic E-state index is -0.640. The van der Waals surface area contributed by atoms with Gasteiger partial charge in [0.25, 0.3) is 11.8 Å². The van der Waals surface area contributed by atoms with Crippen LogP contribution in [0, 0.1) is 5.82 Å². The smallest absolute Gasteiger partial charge is 0.262 e. The molecule has 5 rings (SSSR count). The second kappa shape index (κ2) is 7.29. The van der Waals surface area contributed by atoms with Crippen molar-refractivity contribution in [2.75, 3.05) is 0 Å². The van der Waals surface area contributed by atoms with Crippen molar-refractivity contribution in [2.24, 2.45) is 0 Å². The van der Waals surface area contributed by atoms with Gasteiger partial charge in [0, 0.05) is 21.5 Å². The molecule has 31 heavy (non-hydrogen) atoms. The lowest BCUT2D eigenvalue weighted by atomic mass is 9.97. The number of halogens is 2. The van der Waals surface area contributed by atoms with Crippen molar-refractivity contribution in [3.63, 3.8) is 0 Å². The number of pyridine rings is 1. The highest BCUT2D eigenvalue weighted by Crippen LogP contribution is 2.38. The van der Waals surface area contributed by atoms with Crippen molar-refractivity contribution in [2.45, 2.75) is 13.0 Å². The minimum Gasteiger partial charge on any atom is -0.269 e. The van der Waals surface area contributed by atoms with E-state index in [1.165, 1.54) is 17.0 Å². The molecule has 3 aromatic carbocycles. The van der Waals surface area contributed by atoms with Crippen molar-refractivity contribution in [1.82, 2.24) is 9.88 Å². The molecule has 2 amide bonds. The maximum Gasteiger partial charge on any atom is 0.262 e. The fraction of sp³-hybridized carbons (Fsp3) is 0.0800. The molecule has 0 fully saturated rings. The highest BCUT2D eigenvalue weighted by Gasteiger charge is 2.39. The summed E-state index contributed by atoms with van der Waals surface area (Å²) in [5.74, 6) is -1.13. The van der Waals surface area contributed by atoms with E-state index in [1.54, 1.807) is 55.5 Å². The van der Waals surface area contributed by atoms with Gasteiger partial charge in [-0.2, -0.15) is 0 Å². The average Bonchev–Trinajstić information content (AvgIpc) is 3.03. The van der Waals surface area contributed by atoms with Crippen molar-refractivity contribution < 1.29 is 14.0 Å². The highest BCUT2D eigenvalue weighted by molar-refractivity contribution is 6.35. The van der Waals surface area contributed by atoms with E-state index in [1.807, 2.05) is 12.1 Å². The molecular formula is C25H16ClFN2O2. The second-order valence-electron chi connectivity index (χ2n) is 7.44. The standard InChI is InChI=1S/C25H16ClFN2O2/c1-14(29-24(30)17-8-2-3-9-18(17)25(29)31)19-13-20-21(26)10-5-11-22(20)28-23(19)15-6-4-7-16(27)12-15/h2-14H,1H3. The topological polar surface area (TPSA) is 50.3 Å². The van der Waals surface area contributed by atoms with Crippen molar-refractivity contribution >= 4 is 34.3 Å². The Balaban J connectivity index is 1.72. The van der Waals surface area contributed by atoms with E-state index in [-0.39, 0.29) is 11.8 Å². The SMILES string of the molecule is CC(c1cc2c(Cl)cccc2nc1-c1cccc(F)c1)N1C(=O)c2ccccc2C1=O. The van der Waals surface area contributed by atoms with Gasteiger partial charge in [-0.1, -0.05) is 41.9 Å². The van der Waals surface area contributed by atoms with Crippen LogP contribution in [0.4, 0.5) is 4.39 Å². The van der Waals surface area contributed by atoms with Crippen LogP contribution in [0.15, 0.2) is 72.8 Å². The first-order valence-electron chi connectivity index (χ1n) is 9.77. The van der Waals surface area contributed by atoms with Gasteiger partial charge in [0.2, 0.25) is 0 Å². The van der Waals surface area contributed by atoms with Crippen molar-refractivity contribution in [3.05, 3.63) is 100 Å². The van der Waals surface area contributed by atoms with Gasteiger partial charge in [0.1, 0.15) is 5.82 Å². The Kier molecular flexibility index (Phi) is 4.56. The molecule has 1 aliphatic heterocycles. The fourth-order valence-corrected chi connectivity index (χ4v) is 4.28. The third-order valence-electron chi connectivity index (χ3n) is 5.60. The van der Waals surface area contributed by atoms with Crippen LogP contribution in [0.5, 0.6) is 0 Å². The molecule has 0 spiro atoms. The van der Waals surface area contributed by atoms with E-state index in [0.717, 1.165) is 0 Å². The number of carbonyl (C=O) groups is 2. The molecular weight excluding hydrogens is 415 g/mol. The minimum absolute atomic E-state index is 0.363. The molecule has 0 radical (unpaired) electrons. The molecule has 0 bridgehead atoms. The molecule has 2 heterocycles. The summed E-state index contributed by atoms with van der Waals surface area (Å²) in [6, 6.07) is 19.4. The maximum atomic E-state index is 14.0. The average molecular weight is 431 g/mol. The van der Waals surface area contributed by atoms with Crippen molar-refractivity contribution in [1.29, 1.82) is 0 Å². The Labute approximate surface area is 182 Å². The lowest BCUT2D eigenvalue weighted by Crippen LogP contribution is -2.33. The number of carbonyl (C=O) groups excluding carboxylic acids is 2. The Bertz CT molecular complexity index is 1350. The summed E-state index contributed by atoms with van der Waals surface area (Å²) in [5.41, 5.74) is 3.06. The molecule has 4 aromatic rings. The monoisotopic (exact) mass is 430 g/mol. The largest absolute Gasteiger partial charge is 0.269 e. The van der Waals surface area contributed by atoms with Gasteiger partial charge in [-0.25, -0.2) is 9.37 Å². The molecule has 0 aliphatic carbocycles. The third-order valence-corrected chi connectivity index (χ3v) is 5.93. The summed E-state index contributed by atoms with van der Waals surface area (Å²) in [6.07, 6.45) is 0. The summed E-state index contributed by atoms with van der Waals surface area (Å²) in [4.78, 5) is 32.1. The molecule has 6 heteroatoms. The first-order valence-corrected chi connectivity index (χ1v) is 10.2. The van der Waals surface area contributed by atoms with Gasteiger partial charge in [0.15, 0.2) is 0 Å². The predicted molar refractivity (Wildman–Crippen MR) is 118 cm³/mol. The molecule has 1 unspecified atom stereocenters. The number of rotatable bonds is 3. The number of aromatic nitrogens is 1. The van der Waals surface area contributed by atoms with E-state index in [2.05, 4.69) is 0 Å². The van der Waals surface area contributed by atoms with Crippen LogP contribution in [0.3, 0.4) is 0 Å². The molecule has 1 aromatic heterocycles. The molecule has 152 valence electrons. The maximum absolute atomic E-state index is 14.0. The van der Waals surface area contributed by atoms with Crippen LogP contribution in [0.1, 0.15) is 39.2 Å². The Morgan fingerprint density at radius 1 is 0.903 bits per heavy atom. The molecule has 1 aliphatic rings. The zero-order chi connectivity index (χ0) is 21.7. The normalized spacial score (nSPS) is 14.2. The summed E-state index contributed by atoms with van der Waals surface area (Å²) in [7, 11) is 0. The Morgan fingerprint density at radius 3 is 2.26 bits per heavy atom. The summed E-state index contributed by atoms with van der Waals surface area (Å²) in [5, 5.41) is 1.20. The predicted octanol–water partition coefficient (Wildman–Crippen LogP) is 6.05. The van der Waals surface area contributed by atoms with Gasteiger partial charge in [-0.05, 0) is 49.4 Å². The van der Waals surface area contributed by atoms with Gasteiger partial charge in [-0.15, -0.1) is 0 Å². The number of benzene rings is 3. The van der Waals surface area contributed by atoms with Crippen LogP contribution in [0.25, 0.3) is 22.2 Å². The Morgan fingerprint density at radius 2 is 1.58 bits per heavy atom. The number of hydrogen-bond donors (Lipinski definition) is 0. The lowest BCUT2D eigenvalue weighted by Gasteiger charge is -2.25. The first-order chi connectivity index (χ1) is 15.0. The fourth-order valence-electron chi connectivity index (χ4n) is 4.06. The molecule has 1 atom stereocenters. The second-order valence-corrected chi connectivity index (χ2v) is 7.85. The van der Waals surface area contributed by atoms with Crippen LogP contribution in [-0.2, 0) is 0 Å². The molecule has 0 N–H and O–H groups in total. The quantitative estimate of drug-likeness (QED) is 0.372. The first kappa shape index (κ1) is 19.4. The van der Waals surface area contributed by atoms with Crippen LogP contribution < -0.4 is 0 Å². The number of amides is 2. The van der Waals surface area contributed by atoms with E-state index in [0.29, 0.717) is 43.9 Å². The van der Waals surface area contributed by atoms with Gasteiger partial charge in [0.05, 0.1) is 28.4 Å². The van der Waals surface area contributed by atoms with E-state index < -0.39 is 11.9 Å². The van der Waals surface area contributed by atoms with Crippen molar-refractivity contribution in [3.8, 4) is 11.3 Å². The Hall–Kier alpha value is -3.57. The van der Waals surface area contributed by atoms with Crippen LogP contribution >= 0.6 is 11.6 Å². The van der Waals surface area contributed by atoms with Gasteiger partial charge < -0.3 is 0 Å². The van der Waals surface area contributed by atoms with Gasteiger partial charge in [-0.3, -0.25) is 14.5 Å². The zero-order valence-corrected chi connectivity index (χ0v) is 17.2. The summed E-state index contributed by atoms with van der Waals surface area (Å²) < 4.78 is 14.0.